The van der Waals surface area contributed by atoms with Gasteiger partial charge in [-0.05, 0) is 62.3 Å². The maximum atomic E-state index is 12.5. The molecule has 0 aromatic heterocycles. The molecule has 0 aromatic rings. The van der Waals surface area contributed by atoms with E-state index in [0.29, 0.717) is 31.9 Å². The molecule has 0 aliphatic rings. The Labute approximate surface area is 164 Å². The summed E-state index contributed by atoms with van der Waals surface area (Å²) in [6.45, 7) is 13.4. The topological polar surface area (TPSA) is 102 Å². The molecule has 0 N–H and O–H groups in total. The monoisotopic (exact) mass is 470 g/mol. The lowest BCUT2D eigenvalue weighted by Crippen LogP contribution is -2.32. The Morgan fingerprint density at radius 3 is 0.760 bits per heavy atom. The van der Waals surface area contributed by atoms with Crippen LogP contribution in [0.25, 0.3) is 0 Å². The first-order valence-electron chi connectivity index (χ1n) is 7.32. The second-order valence-electron chi connectivity index (χ2n) is 8.28. The normalized spacial score (nSPS) is 15.2. The summed E-state index contributed by atoms with van der Waals surface area (Å²) in [5.41, 5.74) is 0. The lowest BCUT2D eigenvalue weighted by Gasteiger charge is -2.25. The van der Waals surface area contributed by atoms with Gasteiger partial charge < -0.3 is 0 Å². The minimum Gasteiger partial charge on any atom is -0.218 e. The van der Waals surface area contributed by atoms with E-state index in [-0.39, 0.29) is 0 Å². The standard InChI is InChI=1S/C12H27BO6S6/c1-10(2,3)23(14,15)20-13(21-24(16,17)11(4,5)6)22-25(18,19)12(7,8)9/h1-9H3. The van der Waals surface area contributed by atoms with E-state index in [2.05, 4.69) is 0 Å². The van der Waals surface area contributed by atoms with Crippen molar-refractivity contribution in [2.75, 3.05) is 0 Å². The zero-order chi connectivity index (χ0) is 20.7. The van der Waals surface area contributed by atoms with Crippen LogP contribution in [0.1, 0.15) is 62.3 Å². The third-order valence-corrected chi connectivity index (χ3v) is 21.0. The van der Waals surface area contributed by atoms with Crippen LogP contribution in [0.2, 0.25) is 0 Å². The quantitative estimate of drug-likeness (QED) is 0.426. The van der Waals surface area contributed by atoms with Crippen molar-refractivity contribution >= 4 is 63.1 Å². The highest BCUT2D eigenvalue weighted by Crippen LogP contribution is 2.46. The van der Waals surface area contributed by atoms with E-state index in [1.54, 1.807) is 0 Å². The molecule has 0 spiro atoms. The molecule has 0 unspecified atom stereocenters. The Hall–Kier alpha value is 0.965. The fourth-order valence-electron chi connectivity index (χ4n) is 0.791. The molecule has 25 heavy (non-hydrogen) atoms. The molecule has 0 fully saturated rings. The third kappa shape index (κ3) is 7.13. The van der Waals surface area contributed by atoms with Crippen molar-refractivity contribution in [2.24, 2.45) is 0 Å². The predicted octanol–water partition coefficient (Wildman–Crippen LogP) is 3.56. The summed E-state index contributed by atoms with van der Waals surface area (Å²) >= 11 is 0. The molecule has 150 valence electrons. The smallest absolute Gasteiger partial charge is 0.218 e. The molecule has 0 saturated heterocycles. The van der Waals surface area contributed by atoms with Crippen molar-refractivity contribution in [3.8, 4) is 0 Å². The fourth-order valence-corrected chi connectivity index (χ4v) is 16.2. The Balaban J connectivity index is 5.96. The lowest BCUT2D eigenvalue weighted by molar-refractivity contribution is 0.576. The van der Waals surface area contributed by atoms with Gasteiger partial charge in [-0.1, -0.05) is 31.9 Å². The Kier molecular flexibility index (Phi) is 8.07. The second-order valence-corrected chi connectivity index (χ2v) is 23.2. The molecule has 0 aromatic carbocycles. The van der Waals surface area contributed by atoms with Gasteiger partial charge in [-0.2, -0.15) is 0 Å². The van der Waals surface area contributed by atoms with E-state index < -0.39 is 45.4 Å². The lowest BCUT2D eigenvalue weighted by atomic mass is 10.3. The van der Waals surface area contributed by atoms with E-state index in [9.17, 15) is 25.3 Å². The first-order valence-corrected chi connectivity index (χ1v) is 16.0. The van der Waals surface area contributed by atoms with Crippen LogP contribution in [0.4, 0.5) is 0 Å². The van der Waals surface area contributed by atoms with Crippen molar-refractivity contribution in [3.63, 3.8) is 0 Å². The molecule has 6 nitrogen and oxygen atoms in total. The highest BCUT2D eigenvalue weighted by molar-refractivity contribution is 9.15. The van der Waals surface area contributed by atoms with E-state index >= 15 is 0 Å². The van der Waals surface area contributed by atoms with Crippen molar-refractivity contribution in [1.82, 2.24) is 0 Å². The molecule has 0 heterocycles. The Morgan fingerprint density at radius 1 is 0.480 bits per heavy atom. The van der Waals surface area contributed by atoms with Crippen LogP contribution in [-0.2, 0) is 26.6 Å². The van der Waals surface area contributed by atoms with Gasteiger partial charge in [0.15, 0.2) is 26.6 Å². The van der Waals surface area contributed by atoms with Crippen LogP contribution in [-0.4, -0.2) is 44.0 Å². The van der Waals surface area contributed by atoms with Gasteiger partial charge in [0, 0.05) is 0 Å². The van der Waals surface area contributed by atoms with Crippen molar-refractivity contribution in [2.45, 2.75) is 76.6 Å². The van der Waals surface area contributed by atoms with Crippen molar-refractivity contribution in [3.05, 3.63) is 0 Å². The molecule has 0 amide bonds. The fraction of sp³-hybridized carbons (Fsp3) is 1.00. The highest BCUT2D eigenvalue weighted by atomic mass is 33.2. The van der Waals surface area contributed by atoms with Gasteiger partial charge in [0.05, 0.1) is 14.2 Å². The molecule has 13 heteroatoms. The summed E-state index contributed by atoms with van der Waals surface area (Å²) < 4.78 is 70.2. The van der Waals surface area contributed by atoms with Crippen LogP contribution in [0.3, 0.4) is 0 Å². The van der Waals surface area contributed by atoms with Gasteiger partial charge in [-0.25, -0.2) is 25.3 Å². The molecule has 0 aliphatic carbocycles. The summed E-state index contributed by atoms with van der Waals surface area (Å²) in [7, 11) is -10.2. The first kappa shape index (κ1) is 26.0. The van der Waals surface area contributed by atoms with Crippen LogP contribution < -0.4 is 0 Å². The maximum absolute atomic E-state index is 12.5. The number of hydrogen-bond donors (Lipinski definition) is 0. The Morgan fingerprint density at radius 2 is 0.640 bits per heavy atom. The van der Waals surface area contributed by atoms with E-state index in [4.69, 9.17) is 0 Å². The Bertz CT molecular complexity index is 669. The van der Waals surface area contributed by atoms with Crippen molar-refractivity contribution < 1.29 is 25.3 Å². The molecule has 0 aliphatic heterocycles. The predicted molar refractivity (Wildman–Crippen MR) is 115 cm³/mol. The third-order valence-electron chi connectivity index (χ3n) is 2.87. The first-order chi connectivity index (χ1) is 10.5. The van der Waals surface area contributed by atoms with Gasteiger partial charge in [0.25, 0.3) is 0 Å². The summed E-state index contributed by atoms with van der Waals surface area (Å²) in [5, 5.41) is 0. The van der Waals surface area contributed by atoms with E-state index in [1.807, 2.05) is 0 Å². The van der Waals surface area contributed by atoms with Crippen LogP contribution in [0.5, 0.6) is 0 Å². The van der Waals surface area contributed by atoms with Gasteiger partial charge in [-0.3, -0.25) is 0 Å². The van der Waals surface area contributed by atoms with E-state index in [1.165, 1.54) is 62.3 Å². The average molecular weight is 471 g/mol. The summed E-state index contributed by atoms with van der Waals surface area (Å²) in [4.78, 5) is 0. The minimum absolute atomic E-state index is 0.380. The van der Waals surface area contributed by atoms with Gasteiger partial charge in [-0.15, -0.1) is 0 Å². The second kappa shape index (κ2) is 7.77. The molecule has 0 atom stereocenters. The van der Waals surface area contributed by atoms with Crippen LogP contribution in [0.15, 0.2) is 0 Å². The van der Waals surface area contributed by atoms with Gasteiger partial charge >= 0.3 is 4.55 Å². The molecule has 0 bridgehead atoms. The number of rotatable bonds is 6. The van der Waals surface area contributed by atoms with Crippen LogP contribution in [0, 0.1) is 0 Å². The highest BCUT2D eigenvalue weighted by Gasteiger charge is 2.45. The van der Waals surface area contributed by atoms with Crippen LogP contribution >= 0.6 is 31.9 Å². The summed E-state index contributed by atoms with van der Waals surface area (Å²) in [6.07, 6.45) is 0. The zero-order valence-electron chi connectivity index (χ0n) is 16.0. The maximum Gasteiger partial charge on any atom is 0.391 e. The molecular formula is C12H27BO6S6. The average Bonchev–Trinajstić information content (AvgIpc) is 2.21. The number of hydrogen-bond acceptors (Lipinski definition) is 9. The summed E-state index contributed by atoms with van der Waals surface area (Å²) in [6, 6.07) is 0. The minimum atomic E-state index is -3.79. The molecule has 0 radical (unpaired) electrons. The largest absolute Gasteiger partial charge is 0.391 e. The molecule has 0 saturated carbocycles. The van der Waals surface area contributed by atoms with Gasteiger partial charge in [0.1, 0.15) is 0 Å². The summed E-state index contributed by atoms with van der Waals surface area (Å²) in [5.74, 6) is 0. The molecular weight excluding hydrogens is 443 g/mol. The van der Waals surface area contributed by atoms with Gasteiger partial charge in [0.2, 0.25) is 0 Å². The zero-order valence-corrected chi connectivity index (χ0v) is 20.9. The van der Waals surface area contributed by atoms with E-state index in [0.717, 1.165) is 0 Å². The SMILES string of the molecule is CC(C)(C)S(=O)(=O)SB(SS(=O)(=O)C(C)(C)C)SS(=O)(=O)C(C)(C)C. The molecule has 0 rings (SSSR count). The van der Waals surface area contributed by atoms with Crippen molar-refractivity contribution in [1.29, 1.82) is 0 Å².